The van der Waals surface area contributed by atoms with Crippen molar-refractivity contribution in [3.8, 4) is 0 Å². The molecule has 1 unspecified atom stereocenters. The summed E-state index contributed by atoms with van der Waals surface area (Å²) in [5, 5.41) is 0.816. The smallest absolute Gasteiger partial charge is 0.0408 e. The zero-order chi connectivity index (χ0) is 11.4. The van der Waals surface area contributed by atoms with Gasteiger partial charge in [0.2, 0.25) is 0 Å². The van der Waals surface area contributed by atoms with Crippen molar-refractivity contribution in [1.29, 1.82) is 0 Å². The lowest BCUT2D eigenvalue weighted by Gasteiger charge is -2.17. The van der Waals surface area contributed by atoms with Gasteiger partial charge < -0.3 is 0 Å². The quantitative estimate of drug-likeness (QED) is 0.651. The normalized spacial score (nSPS) is 12.9. The van der Waals surface area contributed by atoms with E-state index < -0.39 is 0 Å². The first-order valence-corrected chi connectivity index (χ1v) is 5.80. The lowest BCUT2D eigenvalue weighted by Crippen LogP contribution is -2.09. The van der Waals surface area contributed by atoms with Crippen LogP contribution in [0.1, 0.15) is 25.0 Å². The molecule has 15 heavy (non-hydrogen) atoms. The van der Waals surface area contributed by atoms with Gasteiger partial charge in [0.05, 0.1) is 0 Å². The van der Waals surface area contributed by atoms with Crippen LogP contribution in [0.3, 0.4) is 0 Å². The minimum absolute atomic E-state index is 0.546. The predicted octanol–water partition coefficient (Wildman–Crippen LogP) is 4.65. The van der Waals surface area contributed by atoms with Gasteiger partial charge in [0.1, 0.15) is 0 Å². The number of rotatable bonds is 4. The second kappa shape index (κ2) is 5.37. The second-order valence-corrected chi connectivity index (χ2v) is 4.85. The summed E-state index contributed by atoms with van der Waals surface area (Å²) in [6.45, 7) is 10.5. The van der Waals surface area contributed by atoms with Crippen LogP contribution >= 0.6 is 11.6 Å². The van der Waals surface area contributed by atoms with Crippen LogP contribution < -0.4 is 0 Å². The third-order valence-electron chi connectivity index (χ3n) is 2.92. The predicted molar refractivity (Wildman–Crippen MR) is 68.4 cm³/mol. The van der Waals surface area contributed by atoms with Crippen LogP contribution in [0.4, 0.5) is 0 Å². The second-order valence-electron chi connectivity index (χ2n) is 4.42. The van der Waals surface area contributed by atoms with Gasteiger partial charge in [0.25, 0.3) is 0 Å². The average molecular weight is 223 g/mol. The molecule has 0 aliphatic heterocycles. The molecule has 0 saturated heterocycles. The van der Waals surface area contributed by atoms with Gasteiger partial charge >= 0.3 is 0 Å². The van der Waals surface area contributed by atoms with Crippen LogP contribution in [0, 0.1) is 18.8 Å². The van der Waals surface area contributed by atoms with Gasteiger partial charge in [0.15, 0.2) is 0 Å². The van der Waals surface area contributed by atoms with Crippen LogP contribution in [0.2, 0.25) is 5.02 Å². The van der Waals surface area contributed by atoms with Gasteiger partial charge in [-0.1, -0.05) is 37.6 Å². The third-order valence-corrected chi connectivity index (χ3v) is 3.15. The van der Waals surface area contributed by atoms with E-state index in [1.807, 2.05) is 12.1 Å². The first-order valence-electron chi connectivity index (χ1n) is 5.42. The Morgan fingerprint density at radius 2 is 2.07 bits per heavy atom. The molecule has 1 heteroatoms. The van der Waals surface area contributed by atoms with Crippen molar-refractivity contribution in [3.63, 3.8) is 0 Å². The highest BCUT2D eigenvalue weighted by molar-refractivity contribution is 6.30. The summed E-state index contributed by atoms with van der Waals surface area (Å²) in [4.78, 5) is 0. The molecule has 0 fully saturated rings. The minimum Gasteiger partial charge on any atom is -0.103 e. The molecule has 1 atom stereocenters. The Kier molecular flexibility index (Phi) is 4.41. The molecule has 1 aromatic rings. The number of benzene rings is 1. The molecule has 1 aromatic carbocycles. The molecule has 0 aliphatic carbocycles. The van der Waals surface area contributed by atoms with E-state index in [1.165, 1.54) is 11.1 Å². The molecular weight excluding hydrogens is 204 g/mol. The maximum Gasteiger partial charge on any atom is 0.0408 e. The Morgan fingerprint density at radius 3 is 2.53 bits per heavy atom. The molecule has 0 aromatic heterocycles. The Balaban J connectivity index is 2.84. The van der Waals surface area contributed by atoms with E-state index in [0.29, 0.717) is 11.8 Å². The fourth-order valence-electron chi connectivity index (χ4n) is 1.73. The number of allylic oxidation sites excluding steroid dienone is 1. The zero-order valence-electron chi connectivity index (χ0n) is 9.76. The molecular formula is C14H19Cl. The highest BCUT2D eigenvalue weighted by Crippen LogP contribution is 2.22. The molecule has 0 aliphatic rings. The van der Waals surface area contributed by atoms with E-state index in [4.69, 9.17) is 11.6 Å². The highest BCUT2D eigenvalue weighted by atomic mass is 35.5. The van der Waals surface area contributed by atoms with Gasteiger partial charge in [-0.3, -0.25) is 0 Å². The summed E-state index contributed by atoms with van der Waals surface area (Å²) >= 11 is 5.93. The fraction of sp³-hybridized carbons (Fsp3) is 0.429. The third kappa shape index (κ3) is 3.39. The van der Waals surface area contributed by atoms with Crippen molar-refractivity contribution in [3.05, 3.63) is 47.0 Å². The van der Waals surface area contributed by atoms with Crippen molar-refractivity contribution in [2.24, 2.45) is 11.8 Å². The molecule has 0 amide bonds. The van der Waals surface area contributed by atoms with Crippen molar-refractivity contribution in [2.45, 2.75) is 27.2 Å². The number of aryl methyl sites for hydroxylation is 1. The number of hydrogen-bond acceptors (Lipinski definition) is 0. The van der Waals surface area contributed by atoms with Crippen LogP contribution in [-0.4, -0.2) is 0 Å². The lowest BCUT2D eigenvalue weighted by molar-refractivity contribution is 0.463. The van der Waals surface area contributed by atoms with Gasteiger partial charge in [-0.15, -0.1) is 6.58 Å². The summed E-state index contributed by atoms with van der Waals surface area (Å²) in [6, 6.07) is 6.11. The Labute approximate surface area is 98.0 Å². The van der Waals surface area contributed by atoms with Gasteiger partial charge in [-0.25, -0.2) is 0 Å². The van der Waals surface area contributed by atoms with Crippen molar-refractivity contribution < 1.29 is 0 Å². The maximum absolute atomic E-state index is 5.93. The standard InChI is InChI=1S/C14H19Cl/c1-5-12(10(2)3)9-13-6-7-14(15)8-11(13)4/h5-8,10,12H,1,9H2,2-4H3. The molecule has 0 nitrogen and oxygen atoms in total. The molecule has 0 saturated carbocycles. The molecule has 1 rings (SSSR count). The van der Waals surface area contributed by atoms with Crippen LogP contribution in [-0.2, 0) is 6.42 Å². The summed E-state index contributed by atoms with van der Waals surface area (Å²) in [7, 11) is 0. The summed E-state index contributed by atoms with van der Waals surface area (Å²) < 4.78 is 0. The molecule has 0 heterocycles. The van der Waals surface area contributed by atoms with Crippen molar-refractivity contribution in [1.82, 2.24) is 0 Å². The van der Waals surface area contributed by atoms with E-state index in [-0.39, 0.29) is 0 Å². The molecule has 0 spiro atoms. The summed E-state index contributed by atoms with van der Waals surface area (Å²) in [5.41, 5.74) is 2.65. The van der Waals surface area contributed by atoms with Crippen molar-refractivity contribution >= 4 is 11.6 Å². The lowest BCUT2D eigenvalue weighted by atomic mass is 9.88. The average Bonchev–Trinajstić information content (AvgIpc) is 2.16. The summed E-state index contributed by atoms with van der Waals surface area (Å²) in [5.74, 6) is 1.18. The van der Waals surface area contributed by atoms with E-state index in [0.717, 1.165) is 11.4 Å². The largest absolute Gasteiger partial charge is 0.103 e. The maximum atomic E-state index is 5.93. The van der Waals surface area contributed by atoms with E-state index >= 15 is 0 Å². The van der Waals surface area contributed by atoms with Crippen LogP contribution in [0.15, 0.2) is 30.9 Å². The topological polar surface area (TPSA) is 0 Å². The molecule has 82 valence electrons. The fourth-order valence-corrected chi connectivity index (χ4v) is 1.96. The molecule has 0 N–H and O–H groups in total. The van der Waals surface area contributed by atoms with E-state index in [1.54, 1.807) is 0 Å². The molecule has 0 bridgehead atoms. The minimum atomic E-state index is 0.546. The molecule has 0 radical (unpaired) electrons. The first kappa shape index (κ1) is 12.3. The zero-order valence-corrected chi connectivity index (χ0v) is 10.5. The van der Waals surface area contributed by atoms with Crippen LogP contribution in [0.25, 0.3) is 0 Å². The van der Waals surface area contributed by atoms with E-state index in [2.05, 4.69) is 39.5 Å². The first-order chi connectivity index (χ1) is 7.04. The van der Waals surface area contributed by atoms with E-state index in [9.17, 15) is 0 Å². The monoisotopic (exact) mass is 222 g/mol. The Bertz CT molecular complexity index is 339. The number of hydrogen-bond donors (Lipinski definition) is 0. The van der Waals surface area contributed by atoms with Crippen LogP contribution in [0.5, 0.6) is 0 Å². The van der Waals surface area contributed by atoms with Gasteiger partial charge in [-0.2, -0.15) is 0 Å². The van der Waals surface area contributed by atoms with Gasteiger partial charge in [-0.05, 0) is 48.4 Å². The van der Waals surface area contributed by atoms with Gasteiger partial charge in [0, 0.05) is 5.02 Å². The Hall–Kier alpha value is -0.750. The summed E-state index contributed by atoms with van der Waals surface area (Å²) in [6.07, 6.45) is 3.11. The SMILES string of the molecule is C=CC(Cc1ccc(Cl)cc1C)C(C)C. The number of halogens is 1. The van der Waals surface area contributed by atoms with Crippen molar-refractivity contribution in [2.75, 3.05) is 0 Å². The Morgan fingerprint density at radius 1 is 1.40 bits per heavy atom. The highest BCUT2D eigenvalue weighted by Gasteiger charge is 2.11.